The number of hydrogen-bond acceptors (Lipinski definition) is 4. The number of nitrogens with zero attached hydrogens (tertiary/aromatic N) is 2. The minimum Gasteiger partial charge on any atom is -0.480 e. The van der Waals surface area contributed by atoms with Gasteiger partial charge in [-0.15, -0.1) is 10.2 Å². The summed E-state index contributed by atoms with van der Waals surface area (Å²) in [4.78, 5) is 0. The topological polar surface area (TPSA) is 61.0 Å². The lowest BCUT2D eigenvalue weighted by molar-refractivity contribution is 0.390. The number of aromatic nitrogens is 2. The highest BCUT2D eigenvalue weighted by Gasteiger charge is 2.13. The van der Waals surface area contributed by atoms with Crippen LogP contribution in [0.5, 0.6) is 5.88 Å². The van der Waals surface area contributed by atoms with Crippen LogP contribution < -0.4 is 10.5 Å². The lowest BCUT2D eigenvalue weighted by atomic mass is 10.0. The molecule has 0 fully saturated rings. The standard InChI is InChI=1S/C12H12ClN3O/c1-17-11-7-6-10(15-16-11)12(14)8-4-2-3-5-9(8)13/h2-7,12H,14H2,1H3. The Balaban J connectivity index is 2.30. The molecule has 0 aliphatic heterocycles. The molecule has 2 aromatic rings. The van der Waals surface area contributed by atoms with Crippen LogP contribution in [-0.4, -0.2) is 17.3 Å². The molecule has 0 radical (unpaired) electrons. The van der Waals surface area contributed by atoms with Gasteiger partial charge in [0.2, 0.25) is 5.88 Å². The van der Waals surface area contributed by atoms with Gasteiger partial charge in [0.25, 0.3) is 0 Å². The van der Waals surface area contributed by atoms with E-state index in [0.717, 1.165) is 5.56 Å². The molecule has 0 spiro atoms. The first-order chi connectivity index (χ1) is 8.22. The lowest BCUT2D eigenvalue weighted by Gasteiger charge is -2.12. The van der Waals surface area contributed by atoms with Crippen LogP contribution in [0.4, 0.5) is 0 Å². The van der Waals surface area contributed by atoms with Crippen LogP contribution in [0.3, 0.4) is 0 Å². The summed E-state index contributed by atoms with van der Waals surface area (Å²) in [5.41, 5.74) is 7.56. The van der Waals surface area contributed by atoms with Crippen LogP contribution in [0.2, 0.25) is 5.02 Å². The van der Waals surface area contributed by atoms with E-state index < -0.39 is 0 Å². The molecule has 1 heterocycles. The Morgan fingerprint density at radius 3 is 2.53 bits per heavy atom. The van der Waals surface area contributed by atoms with E-state index in [9.17, 15) is 0 Å². The quantitative estimate of drug-likeness (QED) is 0.906. The summed E-state index contributed by atoms with van der Waals surface area (Å²) in [5, 5.41) is 8.51. The zero-order valence-electron chi connectivity index (χ0n) is 9.30. The van der Waals surface area contributed by atoms with Crippen LogP contribution in [0.1, 0.15) is 17.3 Å². The Morgan fingerprint density at radius 2 is 1.94 bits per heavy atom. The predicted octanol–water partition coefficient (Wildman–Crippen LogP) is 2.19. The summed E-state index contributed by atoms with van der Waals surface area (Å²) in [7, 11) is 1.54. The summed E-state index contributed by atoms with van der Waals surface area (Å²) in [5.74, 6) is 0.458. The normalized spacial score (nSPS) is 12.2. The number of halogens is 1. The smallest absolute Gasteiger partial charge is 0.233 e. The van der Waals surface area contributed by atoms with Crippen LogP contribution in [0.25, 0.3) is 0 Å². The Morgan fingerprint density at radius 1 is 1.18 bits per heavy atom. The first kappa shape index (κ1) is 11.8. The molecule has 0 aliphatic rings. The molecule has 1 unspecified atom stereocenters. The molecule has 88 valence electrons. The third kappa shape index (κ3) is 2.54. The highest BCUT2D eigenvalue weighted by molar-refractivity contribution is 6.31. The third-order valence-corrected chi connectivity index (χ3v) is 2.77. The molecule has 1 aromatic heterocycles. The van der Waals surface area contributed by atoms with Crippen molar-refractivity contribution in [2.75, 3.05) is 7.11 Å². The second kappa shape index (κ2) is 5.12. The van der Waals surface area contributed by atoms with E-state index in [1.54, 1.807) is 18.2 Å². The van der Waals surface area contributed by atoms with E-state index in [0.29, 0.717) is 16.6 Å². The van der Waals surface area contributed by atoms with Gasteiger partial charge in [-0.25, -0.2) is 0 Å². The molecule has 1 atom stereocenters. The van der Waals surface area contributed by atoms with E-state index in [1.807, 2.05) is 18.2 Å². The Bertz CT molecular complexity index is 501. The zero-order valence-corrected chi connectivity index (χ0v) is 10.1. The van der Waals surface area contributed by atoms with Gasteiger partial charge in [-0.05, 0) is 17.7 Å². The predicted molar refractivity (Wildman–Crippen MR) is 66.1 cm³/mol. The fraction of sp³-hybridized carbons (Fsp3) is 0.167. The van der Waals surface area contributed by atoms with E-state index in [1.165, 1.54) is 7.11 Å². The molecular weight excluding hydrogens is 238 g/mol. The molecule has 4 nitrogen and oxygen atoms in total. The first-order valence-corrected chi connectivity index (χ1v) is 5.48. The maximum Gasteiger partial charge on any atom is 0.233 e. The summed E-state index contributed by atoms with van der Waals surface area (Å²) in [6, 6.07) is 10.5. The lowest BCUT2D eigenvalue weighted by Crippen LogP contribution is -2.14. The van der Waals surface area contributed by atoms with E-state index >= 15 is 0 Å². The fourth-order valence-corrected chi connectivity index (χ4v) is 1.75. The summed E-state index contributed by atoms with van der Waals surface area (Å²) < 4.78 is 4.94. The number of hydrogen-bond donors (Lipinski definition) is 1. The van der Waals surface area contributed by atoms with Crippen LogP contribution >= 0.6 is 11.6 Å². The maximum absolute atomic E-state index is 6.08. The van der Waals surface area contributed by atoms with Gasteiger partial charge in [0.15, 0.2) is 0 Å². The van der Waals surface area contributed by atoms with Gasteiger partial charge in [-0.1, -0.05) is 29.8 Å². The largest absolute Gasteiger partial charge is 0.480 e. The van der Waals surface area contributed by atoms with Crippen molar-refractivity contribution >= 4 is 11.6 Å². The van der Waals surface area contributed by atoms with Gasteiger partial charge < -0.3 is 10.5 Å². The van der Waals surface area contributed by atoms with Crippen molar-refractivity contribution in [1.29, 1.82) is 0 Å². The van der Waals surface area contributed by atoms with Gasteiger partial charge in [-0.2, -0.15) is 0 Å². The van der Waals surface area contributed by atoms with Crippen molar-refractivity contribution in [3.8, 4) is 5.88 Å². The fourth-order valence-electron chi connectivity index (χ4n) is 1.49. The molecule has 0 saturated heterocycles. The van der Waals surface area contributed by atoms with Crippen molar-refractivity contribution < 1.29 is 4.74 Å². The molecular formula is C12H12ClN3O. The van der Waals surface area contributed by atoms with Crippen LogP contribution in [0, 0.1) is 0 Å². The SMILES string of the molecule is COc1ccc(C(N)c2ccccc2Cl)nn1. The van der Waals surface area contributed by atoms with Crippen LogP contribution in [0.15, 0.2) is 36.4 Å². The molecule has 0 bridgehead atoms. The monoisotopic (exact) mass is 249 g/mol. The van der Waals surface area contributed by atoms with Crippen molar-refractivity contribution in [3.05, 3.63) is 52.7 Å². The number of rotatable bonds is 3. The van der Waals surface area contributed by atoms with Crippen molar-refractivity contribution in [2.24, 2.45) is 5.73 Å². The van der Waals surface area contributed by atoms with Crippen LogP contribution in [-0.2, 0) is 0 Å². The number of ether oxygens (including phenoxy) is 1. The molecule has 2 N–H and O–H groups in total. The van der Waals surface area contributed by atoms with E-state index in [2.05, 4.69) is 10.2 Å². The molecule has 1 aromatic carbocycles. The third-order valence-electron chi connectivity index (χ3n) is 2.43. The van der Waals surface area contributed by atoms with Crippen molar-refractivity contribution in [1.82, 2.24) is 10.2 Å². The second-order valence-electron chi connectivity index (χ2n) is 3.50. The van der Waals surface area contributed by atoms with Gasteiger partial charge in [0, 0.05) is 11.1 Å². The minimum absolute atomic E-state index is 0.387. The zero-order chi connectivity index (χ0) is 12.3. The highest BCUT2D eigenvalue weighted by atomic mass is 35.5. The maximum atomic E-state index is 6.08. The van der Waals surface area contributed by atoms with Gasteiger partial charge in [0.05, 0.1) is 18.8 Å². The molecule has 5 heteroatoms. The molecule has 0 saturated carbocycles. The molecule has 17 heavy (non-hydrogen) atoms. The average molecular weight is 250 g/mol. The molecule has 0 amide bonds. The Hall–Kier alpha value is -1.65. The summed E-state index contributed by atoms with van der Waals surface area (Å²) in [6.07, 6.45) is 0. The van der Waals surface area contributed by atoms with Gasteiger partial charge >= 0.3 is 0 Å². The van der Waals surface area contributed by atoms with Crippen molar-refractivity contribution in [2.45, 2.75) is 6.04 Å². The number of benzene rings is 1. The Kier molecular flexibility index (Phi) is 3.56. The van der Waals surface area contributed by atoms with Gasteiger partial charge in [0.1, 0.15) is 0 Å². The van der Waals surface area contributed by atoms with Gasteiger partial charge in [-0.3, -0.25) is 0 Å². The summed E-state index contributed by atoms with van der Waals surface area (Å²) in [6.45, 7) is 0. The highest BCUT2D eigenvalue weighted by Crippen LogP contribution is 2.25. The summed E-state index contributed by atoms with van der Waals surface area (Å²) >= 11 is 6.07. The molecule has 2 rings (SSSR count). The minimum atomic E-state index is -0.387. The molecule has 0 aliphatic carbocycles. The Labute approximate surface area is 104 Å². The average Bonchev–Trinajstić information content (AvgIpc) is 2.39. The number of nitrogens with two attached hydrogens (primary N) is 1. The van der Waals surface area contributed by atoms with E-state index in [-0.39, 0.29) is 6.04 Å². The van der Waals surface area contributed by atoms with Crippen molar-refractivity contribution in [3.63, 3.8) is 0 Å². The number of methoxy groups -OCH3 is 1. The second-order valence-corrected chi connectivity index (χ2v) is 3.91. The van der Waals surface area contributed by atoms with E-state index in [4.69, 9.17) is 22.1 Å². The first-order valence-electron chi connectivity index (χ1n) is 5.10.